The van der Waals surface area contributed by atoms with Gasteiger partial charge in [-0.15, -0.1) is 0 Å². The quantitative estimate of drug-likeness (QED) is 0.828. The molecule has 5 nitrogen and oxygen atoms in total. The first-order chi connectivity index (χ1) is 9.15. The fourth-order valence-electron chi connectivity index (χ4n) is 1.80. The summed E-state index contributed by atoms with van der Waals surface area (Å²) in [6, 6.07) is 6.74. The number of furan rings is 1. The van der Waals surface area contributed by atoms with Crippen LogP contribution >= 0.6 is 0 Å². The minimum atomic E-state index is -0.211. The molecule has 0 aliphatic carbocycles. The first kappa shape index (κ1) is 13.0. The minimum absolute atomic E-state index is 0.211. The van der Waals surface area contributed by atoms with Gasteiger partial charge in [-0.05, 0) is 18.2 Å². The third-order valence-electron chi connectivity index (χ3n) is 2.80. The van der Waals surface area contributed by atoms with Crippen LogP contribution in [0.15, 0.2) is 34.9 Å². The lowest BCUT2D eigenvalue weighted by molar-refractivity contribution is 0.102. The summed E-state index contributed by atoms with van der Waals surface area (Å²) in [4.78, 5) is 12.1. The molecular weight excluding hydrogens is 244 g/mol. The Labute approximate surface area is 111 Å². The summed E-state index contributed by atoms with van der Waals surface area (Å²) < 4.78 is 10.3. The Hall–Kier alpha value is -2.43. The number of rotatable bonds is 4. The van der Waals surface area contributed by atoms with Gasteiger partial charge in [0.15, 0.2) is 0 Å². The highest BCUT2D eigenvalue weighted by atomic mass is 16.5. The summed E-state index contributed by atoms with van der Waals surface area (Å²) in [6.45, 7) is 1.93. The summed E-state index contributed by atoms with van der Waals surface area (Å²) in [5.74, 6) is 0.984. The zero-order valence-corrected chi connectivity index (χ0v) is 10.9. The average molecular weight is 260 g/mol. The number of anilines is 2. The van der Waals surface area contributed by atoms with Gasteiger partial charge in [-0.2, -0.15) is 0 Å². The maximum atomic E-state index is 12.1. The van der Waals surface area contributed by atoms with E-state index in [9.17, 15) is 4.79 Å². The van der Waals surface area contributed by atoms with Crippen molar-refractivity contribution in [2.75, 3.05) is 18.2 Å². The Morgan fingerprint density at radius 3 is 2.89 bits per heavy atom. The van der Waals surface area contributed by atoms with Crippen LogP contribution in [-0.2, 0) is 6.42 Å². The van der Waals surface area contributed by atoms with Crippen molar-refractivity contribution in [1.29, 1.82) is 0 Å². The number of benzene rings is 1. The number of hydrogen-bond donors (Lipinski definition) is 2. The number of carbonyl (C=O) groups excluding carboxylic acids is 1. The number of amides is 1. The summed E-state index contributed by atoms with van der Waals surface area (Å²) in [5, 5.41) is 2.79. The fraction of sp³-hybridized carbons (Fsp3) is 0.214. The molecule has 0 unspecified atom stereocenters. The van der Waals surface area contributed by atoms with Crippen LogP contribution in [0.5, 0.6) is 5.75 Å². The monoisotopic (exact) mass is 260 g/mol. The van der Waals surface area contributed by atoms with Crippen LogP contribution in [0, 0.1) is 0 Å². The Balaban J connectivity index is 2.19. The minimum Gasteiger partial charge on any atom is -0.495 e. The van der Waals surface area contributed by atoms with Gasteiger partial charge in [0.1, 0.15) is 11.5 Å². The maximum Gasteiger partial charge on any atom is 0.259 e. The van der Waals surface area contributed by atoms with Gasteiger partial charge in [-0.1, -0.05) is 6.92 Å². The van der Waals surface area contributed by atoms with Crippen molar-refractivity contribution in [3.05, 3.63) is 41.9 Å². The smallest absolute Gasteiger partial charge is 0.259 e. The van der Waals surface area contributed by atoms with E-state index in [2.05, 4.69) is 5.32 Å². The van der Waals surface area contributed by atoms with Crippen LogP contribution in [0.25, 0.3) is 0 Å². The van der Waals surface area contributed by atoms with E-state index in [1.165, 1.54) is 13.4 Å². The normalized spacial score (nSPS) is 10.2. The maximum absolute atomic E-state index is 12.1. The van der Waals surface area contributed by atoms with E-state index in [-0.39, 0.29) is 5.91 Å². The number of carbonyl (C=O) groups is 1. The van der Waals surface area contributed by atoms with Crippen LogP contribution in [0.1, 0.15) is 23.0 Å². The second kappa shape index (κ2) is 5.48. The van der Waals surface area contributed by atoms with Gasteiger partial charge in [-0.3, -0.25) is 4.79 Å². The number of ether oxygens (including phenoxy) is 1. The molecule has 3 N–H and O–H groups in total. The molecule has 0 fully saturated rings. The molecule has 0 spiro atoms. The van der Waals surface area contributed by atoms with Gasteiger partial charge in [-0.25, -0.2) is 0 Å². The molecule has 1 amide bonds. The van der Waals surface area contributed by atoms with E-state index in [1.54, 1.807) is 24.3 Å². The summed E-state index contributed by atoms with van der Waals surface area (Å²) in [6.07, 6.45) is 2.18. The van der Waals surface area contributed by atoms with Gasteiger partial charge in [0.25, 0.3) is 5.91 Å². The van der Waals surface area contributed by atoms with Crippen LogP contribution in [-0.4, -0.2) is 13.0 Å². The molecule has 0 radical (unpaired) electrons. The lowest BCUT2D eigenvalue weighted by Gasteiger charge is -2.08. The molecular formula is C14H16N2O3. The molecule has 0 bridgehead atoms. The van der Waals surface area contributed by atoms with Crippen LogP contribution in [0.2, 0.25) is 0 Å². The standard InChI is InChI=1S/C14H16N2O3/c1-3-12-10(6-7-19-12)14(17)16-9-4-5-11(15)13(8-9)18-2/h4-8H,3,15H2,1-2H3,(H,16,17). The Kier molecular flexibility index (Phi) is 3.75. The Morgan fingerprint density at radius 2 is 2.21 bits per heavy atom. The molecule has 100 valence electrons. The van der Waals surface area contributed by atoms with Gasteiger partial charge in [0.05, 0.1) is 24.6 Å². The van der Waals surface area contributed by atoms with Gasteiger partial charge < -0.3 is 20.2 Å². The van der Waals surface area contributed by atoms with Crippen LogP contribution in [0.4, 0.5) is 11.4 Å². The van der Waals surface area contributed by atoms with Crippen molar-refractivity contribution in [2.24, 2.45) is 0 Å². The molecule has 1 aromatic carbocycles. The van der Waals surface area contributed by atoms with Crippen LogP contribution in [0.3, 0.4) is 0 Å². The summed E-state index contributed by atoms with van der Waals surface area (Å²) >= 11 is 0. The number of hydrogen-bond acceptors (Lipinski definition) is 4. The molecule has 0 saturated carbocycles. The largest absolute Gasteiger partial charge is 0.495 e. The highest BCUT2D eigenvalue weighted by Crippen LogP contribution is 2.25. The SMILES string of the molecule is CCc1occc1C(=O)Nc1ccc(N)c(OC)c1. The first-order valence-electron chi connectivity index (χ1n) is 5.97. The molecule has 2 aromatic rings. The van der Waals surface area contributed by atoms with Gasteiger partial charge in [0.2, 0.25) is 0 Å². The number of nitrogen functional groups attached to an aromatic ring is 1. The third-order valence-corrected chi connectivity index (χ3v) is 2.80. The Morgan fingerprint density at radius 1 is 1.42 bits per heavy atom. The highest BCUT2D eigenvalue weighted by Gasteiger charge is 2.13. The molecule has 1 heterocycles. The van der Waals surface area contributed by atoms with E-state index < -0.39 is 0 Å². The van der Waals surface area contributed by atoms with Crippen molar-refractivity contribution in [2.45, 2.75) is 13.3 Å². The number of aryl methyl sites for hydroxylation is 1. The van der Waals surface area contributed by atoms with E-state index in [1.807, 2.05) is 6.92 Å². The van der Waals surface area contributed by atoms with Crippen molar-refractivity contribution < 1.29 is 13.9 Å². The van der Waals surface area contributed by atoms with Crippen LogP contribution < -0.4 is 15.8 Å². The Bertz CT molecular complexity index is 590. The average Bonchev–Trinajstić information content (AvgIpc) is 2.89. The van der Waals surface area contributed by atoms with Gasteiger partial charge >= 0.3 is 0 Å². The number of nitrogens with one attached hydrogen (secondary N) is 1. The summed E-state index contributed by atoms with van der Waals surface area (Å²) in [5.41, 5.74) is 7.41. The van der Waals surface area contributed by atoms with E-state index in [4.69, 9.17) is 14.9 Å². The zero-order chi connectivity index (χ0) is 13.8. The molecule has 0 atom stereocenters. The van der Waals surface area contributed by atoms with Gasteiger partial charge in [0, 0.05) is 18.2 Å². The molecule has 0 saturated heterocycles. The van der Waals surface area contributed by atoms with Crippen molar-refractivity contribution >= 4 is 17.3 Å². The molecule has 0 aliphatic rings. The lowest BCUT2D eigenvalue weighted by atomic mass is 10.2. The number of nitrogens with two attached hydrogens (primary N) is 1. The molecule has 1 aromatic heterocycles. The van der Waals surface area contributed by atoms with E-state index >= 15 is 0 Å². The molecule has 5 heteroatoms. The molecule has 0 aliphatic heterocycles. The molecule has 2 rings (SSSR count). The lowest BCUT2D eigenvalue weighted by Crippen LogP contribution is -2.12. The van der Waals surface area contributed by atoms with Crippen molar-refractivity contribution in [1.82, 2.24) is 0 Å². The van der Waals surface area contributed by atoms with E-state index in [0.29, 0.717) is 34.9 Å². The third kappa shape index (κ3) is 2.70. The van der Waals surface area contributed by atoms with E-state index in [0.717, 1.165) is 0 Å². The predicted octanol–water partition coefficient (Wildman–Crippen LogP) is 2.69. The fourth-order valence-corrected chi connectivity index (χ4v) is 1.80. The number of methoxy groups -OCH3 is 1. The zero-order valence-electron chi connectivity index (χ0n) is 10.9. The topological polar surface area (TPSA) is 77.5 Å². The second-order valence-corrected chi connectivity index (χ2v) is 4.02. The van der Waals surface area contributed by atoms with Crippen molar-refractivity contribution in [3.8, 4) is 5.75 Å². The highest BCUT2D eigenvalue weighted by molar-refractivity contribution is 6.05. The second-order valence-electron chi connectivity index (χ2n) is 4.02. The molecule has 19 heavy (non-hydrogen) atoms. The summed E-state index contributed by atoms with van der Waals surface area (Å²) in [7, 11) is 1.53. The predicted molar refractivity (Wildman–Crippen MR) is 73.4 cm³/mol. The van der Waals surface area contributed by atoms with Crippen molar-refractivity contribution in [3.63, 3.8) is 0 Å². The first-order valence-corrected chi connectivity index (χ1v) is 5.97.